The van der Waals surface area contributed by atoms with E-state index in [9.17, 15) is 14.4 Å². The van der Waals surface area contributed by atoms with Crippen LogP contribution in [-0.2, 0) is 9.59 Å². The molecule has 7 rings (SSSR count). The topological polar surface area (TPSA) is 57.7 Å². The van der Waals surface area contributed by atoms with E-state index in [1.807, 2.05) is 32.0 Å². The van der Waals surface area contributed by atoms with E-state index in [-0.39, 0.29) is 53.1 Å². The van der Waals surface area contributed by atoms with Crippen LogP contribution in [0.1, 0.15) is 27.9 Å². The fraction of sp³-hybridized carbons (Fsp3) is 0.370. The normalized spacial score (nSPS) is 30.4. The van der Waals surface area contributed by atoms with Crippen molar-refractivity contribution < 1.29 is 14.4 Å². The number of aryl methyl sites for hydroxylation is 1. The fourth-order valence-corrected chi connectivity index (χ4v) is 6.66. The number of amides is 3. The van der Waals surface area contributed by atoms with E-state index in [0.29, 0.717) is 28.1 Å². The maximum absolute atomic E-state index is 13.8. The van der Waals surface area contributed by atoms with Crippen LogP contribution in [0.25, 0.3) is 0 Å². The molecular formula is C27H24Cl2N2O3. The number of anilines is 1. The van der Waals surface area contributed by atoms with Crippen LogP contribution in [0.4, 0.5) is 5.69 Å². The van der Waals surface area contributed by atoms with Gasteiger partial charge in [-0.1, -0.05) is 47.5 Å². The SMILES string of the molecule is Cc1cccc(N(CN2C(=O)C3C4C=CC(C5CC45)C3C2=O)C(=O)c2ccc(Cl)c(Cl)c2)c1C. The Labute approximate surface area is 208 Å². The number of rotatable bonds is 4. The van der Waals surface area contributed by atoms with Gasteiger partial charge in [0.05, 0.1) is 21.9 Å². The highest BCUT2D eigenvalue weighted by Crippen LogP contribution is 2.65. The third kappa shape index (κ3) is 3.10. The van der Waals surface area contributed by atoms with E-state index >= 15 is 0 Å². The Morgan fingerprint density at radius 1 is 0.971 bits per heavy atom. The Hall–Kier alpha value is -2.63. The summed E-state index contributed by atoms with van der Waals surface area (Å²) in [6, 6.07) is 10.4. The number of allylic oxidation sites excluding steroid dienone is 2. The maximum Gasteiger partial charge on any atom is 0.259 e. The Morgan fingerprint density at radius 3 is 2.24 bits per heavy atom. The predicted octanol–water partition coefficient (Wildman–Crippen LogP) is 5.27. The minimum Gasteiger partial charge on any atom is -0.289 e. The standard InChI is InChI=1S/C27H24Cl2N2O3/c1-13-4-3-5-22(14(13)2)30(25(32)15-6-9-20(28)21(29)10-15)12-31-26(33)23-16-7-8-17(19-11-18(16)19)24(23)27(31)34/h3-10,16-19,23-24H,11-12H2,1-2H3. The minimum absolute atomic E-state index is 0.122. The van der Waals surface area contributed by atoms with Gasteiger partial charge < -0.3 is 0 Å². The lowest BCUT2D eigenvalue weighted by Gasteiger charge is -2.37. The molecule has 34 heavy (non-hydrogen) atoms. The molecule has 2 saturated carbocycles. The zero-order valence-corrected chi connectivity index (χ0v) is 20.4. The van der Waals surface area contributed by atoms with Gasteiger partial charge in [-0.05, 0) is 79.3 Å². The van der Waals surface area contributed by atoms with Crippen molar-refractivity contribution in [2.75, 3.05) is 11.6 Å². The molecule has 0 radical (unpaired) electrons. The van der Waals surface area contributed by atoms with E-state index in [1.54, 1.807) is 12.1 Å². The highest BCUT2D eigenvalue weighted by Gasteiger charge is 2.67. The molecule has 3 fully saturated rings. The molecule has 3 amide bonds. The van der Waals surface area contributed by atoms with Crippen LogP contribution in [-0.4, -0.2) is 29.3 Å². The summed E-state index contributed by atoms with van der Waals surface area (Å²) in [5.74, 6) is 0.0868. The summed E-state index contributed by atoms with van der Waals surface area (Å²) in [5.41, 5.74) is 2.93. The quantitative estimate of drug-likeness (QED) is 0.429. The number of hydrogen-bond donors (Lipinski definition) is 0. The van der Waals surface area contributed by atoms with Gasteiger partial charge >= 0.3 is 0 Å². The second-order valence-electron chi connectivity index (χ2n) is 9.98. The zero-order valence-electron chi connectivity index (χ0n) is 18.9. The molecule has 2 aromatic rings. The van der Waals surface area contributed by atoms with Crippen molar-refractivity contribution in [1.29, 1.82) is 0 Å². The number of benzene rings is 2. The monoisotopic (exact) mass is 494 g/mol. The van der Waals surface area contributed by atoms with Crippen LogP contribution in [0.3, 0.4) is 0 Å². The van der Waals surface area contributed by atoms with Gasteiger partial charge in [-0.15, -0.1) is 0 Å². The summed E-state index contributed by atoms with van der Waals surface area (Å²) < 4.78 is 0. The number of likely N-dealkylation sites (tertiary alicyclic amines) is 1. The maximum atomic E-state index is 13.8. The van der Waals surface area contributed by atoms with Crippen LogP contribution in [0.15, 0.2) is 48.6 Å². The summed E-state index contributed by atoms with van der Waals surface area (Å²) in [6.07, 6.45) is 5.41. The van der Waals surface area contributed by atoms with Gasteiger partial charge in [0.25, 0.3) is 5.91 Å². The highest BCUT2D eigenvalue weighted by molar-refractivity contribution is 6.42. The van der Waals surface area contributed by atoms with Gasteiger partial charge in [0.1, 0.15) is 6.67 Å². The zero-order chi connectivity index (χ0) is 23.9. The molecular weight excluding hydrogens is 471 g/mol. The van der Waals surface area contributed by atoms with Crippen LogP contribution >= 0.6 is 23.2 Å². The average Bonchev–Trinajstić information content (AvgIpc) is 3.61. The third-order valence-electron chi connectivity index (χ3n) is 8.32. The lowest BCUT2D eigenvalue weighted by molar-refractivity contribution is -0.140. The molecule has 6 atom stereocenters. The highest BCUT2D eigenvalue weighted by atomic mass is 35.5. The van der Waals surface area contributed by atoms with E-state index in [0.717, 1.165) is 17.5 Å². The van der Waals surface area contributed by atoms with Gasteiger partial charge in [-0.25, -0.2) is 0 Å². The molecule has 5 aliphatic rings. The molecule has 2 bridgehead atoms. The lowest BCUT2D eigenvalue weighted by Crippen LogP contribution is -2.45. The summed E-state index contributed by atoms with van der Waals surface area (Å²) >= 11 is 12.3. The van der Waals surface area contributed by atoms with Crippen molar-refractivity contribution in [3.63, 3.8) is 0 Å². The van der Waals surface area contributed by atoms with E-state index < -0.39 is 0 Å². The number of carbonyl (C=O) groups excluding carboxylic acids is 3. The largest absolute Gasteiger partial charge is 0.289 e. The molecule has 7 heteroatoms. The molecule has 4 aliphatic carbocycles. The second-order valence-corrected chi connectivity index (χ2v) is 10.8. The molecule has 1 heterocycles. The van der Waals surface area contributed by atoms with Crippen LogP contribution in [0.2, 0.25) is 10.0 Å². The van der Waals surface area contributed by atoms with E-state index in [4.69, 9.17) is 23.2 Å². The summed E-state index contributed by atoms with van der Waals surface area (Å²) in [6.45, 7) is 3.78. The minimum atomic E-state index is -0.341. The third-order valence-corrected chi connectivity index (χ3v) is 9.05. The van der Waals surface area contributed by atoms with E-state index in [1.165, 1.54) is 15.9 Å². The molecule has 1 aliphatic heterocycles. The number of carbonyl (C=O) groups is 3. The first kappa shape index (κ1) is 21.9. The predicted molar refractivity (Wildman–Crippen MR) is 131 cm³/mol. The van der Waals surface area contributed by atoms with E-state index in [2.05, 4.69) is 12.2 Å². The number of nitrogens with zero attached hydrogens (tertiary/aromatic N) is 2. The van der Waals surface area contributed by atoms with Gasteiger partial charge in [-0.3, -0.25) is 24.2 Å². The summed E-state index contributed by atoms with van der Waals surface area (Å²) in [5, 5.41) is 0.627. The fourth-order valence-electron chi connectivity index (χ4n) is 6.36. The number of halogens is 2. The Kier molecular flexibility index (Phi) is 4.95. The molecule has 6 unspecified atom stereocenters. The number of imide groups is 1. The van der Waals surface area contributed by atoms with Crippen LogP contribution < -0.4 is 4.90 Å². The van der Waals surface area contributed by atoms with Crippen molar-refractivity contribution in [3.8, 4) is 0 Å². The first-order valence-electron chi connectivity index (χ1n) is 11.6. The second kappa shape index (κ2) is 7.69. The number of hydrogen-bond acceptors (Lipinski definition) is 3. The van der Waals surface area contributed by atoms with Crippen LogP contribution in [0.5, 0.6) is 0 Å². The lowest BCUT2D eigenvalue weighted by atomic mass is 9.63. The molecule has 1 saturated heterocycles. The van der Waals surface area contributed by atoms with Gasteiger partial charge in [0.15, 0.2) is 0 Å². The van der Waals surface area contributed by atoms with Gasteiger partial charge in [0, 0.05) is 11.3 Å². The van der Waals surface area contributed by atoms with Gasteiger partial charge in [0.2, 0.25) is 11.8 Å². The molecule has 5 nitrogen and oxygen atoms in total. The Balaban J connectivity index is 1.38. The average molecular weight is 495 g/mol. The molecule has 2 aromatic carbocycles. The van der Waals surface area contributed by atoms with Gasteiger partial charge in [-0.2, -0.15) is 0 Å². The molecule has 0 N–H and O–H groups in total. The van der Waals surface area contributed by atoms with Crippen molar-refractivity contribution in [1.82, 2.24) is 4.90 Å². The first-order chi connectivity index (χ1) is 16.3. The van der Waals surface area contributed by atoms with Crippen LogP contribution in [0, 0.1) is 49.4 Å². The molecule has 0 aromatic heterocycles. The smallest absolute Gasteiger partial charge is 0.259 e. The van der Waals surface area contributed by atoms with Crippen molar-refractivity contribution in [2.45, 2.75) is 20.3 Å². The van der Waals surface area contributed by atoms with Crippen molar-refractivity contribution in [2.24, 2.45) is 35.5 Å². The summed E-state index contributed by atoms with van der Waals surface area (Å²) in [4.78, 5) is 43.7. The van der Waals surface area contributed by atoms with Crippen molar-refractivity contribution >= 4 is 46.6 Å². The Bertz CT molecular complexity index is 1250. The van der Waals surface area contributed by atoms with Crippen molar-refractivity contribution in [3.05, 3.63) is 75.3 Å². The molecule has 174 valence electrons. The molecule has 0 spiro atoms. The Morgan fingerprint density at radius 2 is 1.62 bits per heavy atom. The summed E-state index contributed by atoms with van der Waals surface area (Å²) in [7, 11) is 0. The first-order valence-corrected chi connectivity index (χ1v) is 12.4.